The van der Waals surface area contributed by atoms with Crippen LogP contribution in [-0.2, 0) is 16.4 Å². The minimum Gasteiger partial charge on any atom is -0.495 e. The highest BCUT2D eigenvalue weighted by Gasteiger charge is 2.26. The summed E-state index contributed by atoms with van der Waals surface area (Å²) in [5.74, 6) is 1.58. The molecule has 7 nitrogen and oxygen atoms in total. The number of rotatable bonds is 7. The van der Waals surface area contributed by atoms with Crippen LogP contribution in [0.2, 0.25) is 0 Å². The highest BCUT2D eigenvalue weighted by molar-refractivity contribution is 7.89. The molecule has 2 N–H and O–H groups in total. The van der Waals surface area contributed by atoms with E-state index in [1.54, 1.807) is 23.5 Å². The number of methoxy groups -OCH3 is 1. The smallest absolute Gasteiger partial charge is 0.244 e. The molecule has 0 saturated heterocycles. The lowest BCUT2D eigenvalue weighted by Crippen LogP contribution is -2.34. The fraction of sp³-hybridized carbons (Fsp3) is 0.423. The van der Waals surface area contributed by atoms with E-state index in [0.717, 1.165) is 59.8 Å². The molecular weight excluding hydrogens is 482 g/mol. The van der Waals surface area contributed by atoms with Crippen LogP contribution in [0.25, 0.3) is 11.3 Å². The zero-order chi connectivity index (χ0) is 24.4. The van der Waals surface area contributed by atoms with E-state index in [0.29, 0.717) is 30.9 Å². The average molecular weight is 514 g/mol. The number of hydrogen-bond acceptors (Lipinski definition) is 7. The van der Waals surface area contributed by atoms with Crippen LogP contribution in [0, 0.1) is 12.8 Å². The summed E-state index contributed by atoms with van der Waals surface area (Å²) in [6, 6.07) is 13.6. The van der Waals surface area contributed by atoms with Crippen LogP contribution < -0.4 is 19.5 Å². The van der Waals surface area contributed by atoms with Crippen LogP contribution in [0.4, 0.5) is 5.13 Å². The zero-order valence-corrected chi connectivity index (χ0v) is 21.7. The molecule has 186 valence electrons. The van der Waals surface area contributed by atoms with Gasteiger partial charge in [-0.05, 0) is 68.4 Å². The zero-order valence-electron chi connectivity index (χ0n) is 20.0. The number of para-hydroxylation sites is 1. The molecule has 2 heterocycles. The Morgan fingerprint density at radius 3 is 2.74 bits per heavy atom. The van der Waals surface area contributed by atoms with Gasteiger partial charge in [0.25, 0.3) is 0 Å². The molecule has 1 aliphatic heterocycles. The van der Waals surface area contributed by atoms with Gasteiger partial charge >= 0.3 is 0 Å². The van der Waals surface area contributed by atoms with Gasteiger partial charge in [0, 0.05) is 29.4 Å². The first-order chi connectivity index (χ1) is 16.9. The van der Waals surface area contributed by atoms with Crippen molar-refractivity contribution in [2.45, 2.75) is 50.0 Å². The molecule has 3 aromatic rings. The minimum absolute atomic E-state index is 0.200. The van der Waals surface area contributed by atoms with Crippen molar-refractivity contribution >= 4 is 26.5 Å². The van der Waals surface area contributed by atoms with E-state index >= 15 is 0 Å². The molecule has 0 spiro atoms. The standard InChI is InChI=1S/C26H31N3O4S2/c1-17-7-12-22(32-2)24(15-17)35(30,31)27-16-18-8-10-19(11-9-18)28-26-29-25-20-5-3-4-6-21(20)33-14-13-23(25)34-26/h3-7,12,15,18-19,27H,8-11,13-14,16H2,1-2H3,(H,28,29). The molecule has 0 radical (unpaired) electrons. The van der Waals surface area contributed by atoms with Crippen molar-refractivity contribution in [1.82, 2.24) is 9.71 Å². The number of sulfonamides is 1. The first-order valence-electron chi connectivity index (χ1n) is 12.1. The third-order valence-corrected chi connectivity index (χ3v) is 9.26. The first-order valence-corrected chi connectivity index (χ1v) is 14.4. The molecule has 2 aliphatic rings. The minimum atomic E-state index is -3.63. The number of nitrogens with zero attached hydrogens (tertiary/aromatic N) is 1. The highest BCUT2D eigenvalue weighted by Crippen LogP contribution is 2.39. The number of fused-ring (bicyclic) bond motifs is 3. The summed E-state index contributed by atoms with van der Waals surface area (Å²) in [4.78, 5) is 6.37. The van der Waals surface area contributed by atoms with Crippen LogP contribution in [-0.4, -0.2) is 39.7 Å². The summed E-state index contributed by atoms with van der Waals surface area (Å²) < 4.78 is 39.8. The van der Waals surface area contributed by atoms with Gasteiger partial charge in [0.15, 0.2) is 5.13 Å². The molecule has 2 aromatic carbocycles. The van der Waals surface area contributed by atoms with Gasteiger partial charge in [0.1, 0.15) is 16.4 Å². The Morgan fingerprint density at radius 1 is 1.14 bits per heavy atom. The number of benzene rings is 2. The molecule has 35 heavy (non-hydrogen) atoms. The van der Waals surface area contributed by atoms with Crippen LogP contribution in [0.5, 0.6) is 11.5 Å². The number of aromatic nitrogens is 1. The molecule has 9 heteroatoms. The van der Waals surface area contributed by atoms with Gasteiger partial charge in [0.2, 0.25) is 10.0 Å². The number of anilines is 1. The Hall–Kier alpha value is -2.62. The predicted molar refractivity (Wildman–Crippen MR) is 139 cm³/mol. The fourth-order valence-corrected chi connectivity index (χ4v) is 7.22. The molecule has 0 atom stereocenters. The fourth-order valence-electron chi connectivity index (χ4n) is 4.82. The van der Waals surface area contributed by atoms with Gasteiger partial charge in [-0.25, -0.2) is 18.1 Å². The van der Waals surface area contributed by atoms with Crippen LogP contribution in [0.3, 0.4) is 0 Å². The van der Waals surface area contributed by atoms with E-state index in [2.05, 4.69) is 16.1 Å². The number of hydrogen-bond donors (Lipinski definition) is 2. The second-order valence-corrected chi connectivity index (χ2v) is 12.1. The lowest BCUT2D eigenvalue weighted by atomic mass is 9.86. The summed E-state index contributed by atoms with van der Waals surface area (Å²) in [7, 11) is -2.13. The maximum atomic E-state index is 12.9. The second-order valence-electron chi connectivity index (χ2n) is 9.25. The van der Waals surface area contributed by atoms with Crippen molar-refractivity contribution in [3.63, 3.8) is 0 Å². The van der Waals surface area contributed by atoms with Crippen molar-refractivity contribution in [3.05, 3.63) is 52.9 Å². The quantitative estimate of drug-likeness (QED) is 0.462. The number of nitrogens with one attached hydrogen (secondary N) is 2. The first kappa shape index (κ1) is 24.1. The van der Waals surface area contributed by atoms with E-state index in [1.165, 1.54) is 12.0 Å². The van der Waals surface area contributed by atoms with E-state index in [9.17, 15) is 8.42 Å². The Bertz CT molecular complexity index is 1300. The average Bonchev–Trinajstić information content (AvgIpc) is 3.18. The molecule has 1 aliphatic carbocycles. The largest absolute Gasteiger partial charge is 0.495 e. The number of thiazole rings is 1. The SMILES string of the molecule is COc1ccc(C)cc1S(=O)(=O)NCC1CCC(Nc2nc3c(s2)CCOc2ccccc2-3)CC1. The maximum absolute atomic E-state index is 12.9. The molecule has 0 unspecified atom stereocenters. The van der Waals surface area contributed by atoms with Crippen molar-refractivity contribution in [3.8, 4) is 22.8 Å². The van der Waals surface area contributed by atoms with Crippen molar-refractivity contribution in [2.75, 3.05) is 25.6 Å². The predicted octanol–water partition coefficient (Wildman–Crippen LogP) is 5.01. The Labute approximate surface area is 210 Å². The summed E-state index contributed by atoms with van der Waals surface area (Å²) in [5, 5.41) is 4.60. The summed E-state index contributed by atoms with van der Waals surface area (Å²) in [6.45, 7) is 2.98. The van der Waals surface area contributed by atoms with E-state index < -0.39 is 10.0 Å². The normalized spacial score (nSPS) is 19.7. The number of ether oxygens (including phenoxy) is 2. The van der Waals surface area contributed by atoms with E-state index in [4.69, 9.17) is 14.5 Å². The molecule has 1 aromatic heterocycles. The molecule has 0 bridgehead atoms. The monoisotopic (exact) mass is 513 g/mol. The molecule has 0 amide bonds. The lowest BCUT2D eigenvalue weighted by Gasteiger charge is -2.29. The summed E-state index contributed by atoms with van der Waals surface area (Å²) in [5.41, 5.74) is 2.97. The van der Waals surface area contributed by atoms with Gasteiger partial charge in [-0.1, -0.05) is 18.2 Å². The van der Waals surface area contributed by atoms with Crippen molar-refractivity contribution in [1.29, 1.82) is 0 Å². The second kappa shape index (κ2) is 10.2. The van der Waals surface area contributed by atoms with E-state index in [-0.39, 0.29) is 4.90 Å². The third kappa shape index (κ3) is 5.32. The third-order valence-electron chi connectivity index (χ3n) is 6.77. The number of aryl methyl sites for hydroxylation is 1. The topological polar surface area (TPSA) is 89.6 Å². The van der Waals surface area contributed by atoms with Gasteiger partial charge < -0.3 is 14.8 Å². The Morgan fingerprint density at radius 2 is 1.94 bits per heavy atom. The van der Waals surface area contributed by atoms with Crippen molar-refractivity contribution in [2.24, 2.45) is 5.92 Å². The molecule has 1 fully saturated rings. The Balaban J connectivity index is 1.17. The Kier molecular flexibility index (Phi) is 7.00. The molecular formula is C26H31N3O4S2. The van der Waals surface area contributed by atoms with Crippen LogP contribution in [0.1, 0.15) is 36.1 Å². The molecule has 5 rings (SSSR count). The van der Waals surface area contributed by atoms with Gasteiger partial charge in [-0.15, -0.1) is 11.3 Å². The lowest BCUT2D eigenvalue weighted by molar-refractivity contribution is 0.327. The van der Waals surface area contributed by atoms with Gasteiger partial charge in [-0.2, -0.15) is 0 Å². The van der Waals surface area contributed by atoms with E-state index in [1.807, 2.05) is 31.2 Å². The van der Waals surface area contributed by atoms with Gasteiger partial charge in [-0.3, -0.25) is 0 Å². The summed E-state index contributed by atoms with van der Waals surface area (Å²) >= 11 is 1.72. The van der Waals surface area contributed by atoms with Crippen LogP contribution in [0.15, 0.2) is 47.4 Å². The van der Waals surface area contributed by atoms with Crippen LogP contribution >= 0.6 is 11.3 Å². The highest BCUT2D eigenvalue weighted by atomic mass is 32.2. The van der Waals surface area contributed by atoms with Gasteiger partial charge in [0.05, 0.1) is 19.4 Å². The summed E-state index contributed by atoms with van der Waals surface area (Å²) in [6.07, 6.45) is 4.77. The molecule has 1 saturated carbocycles. The maximum Gasteiger partial charge on any atom is 0.244 e. The van der Waals surface area contributed by atoms with Crippen molar-refractivity contribution < 1.29 is 17.9 Å².